The van der Waals surface area contributed by atoms with E-state index >= 15 is 0 Å². The Bertz CT molecular complexity index is 1760. The second-order valence-electron chi connectivity index (χ2n) is 14.9. The Kier molecular flexibility index (Phi) is 9.69. The number of carbonyl (C=O) groups excluding carboxylic acids is 1. The van der Waals surface area contributed by atoms with E-state index in [4.69, 9.17) is 9.47 Å². The molecule has 0 spiro atoms. The van der Waals surface area contributed by atoms with Gasteiger partial charge in [-0.2, -0.15) is 4.98 Å². The number of likely N-dealkylation sites (tertiary alicyclic amines) is 1. The number of carbonyl (C=O) groups is 1. The van der Waals surface area contributed by atoms with Crippen LogP contribution in [0.4, 0.5) is 5.95 Å². The summed E-state index contributed by atoms with van der Waals surface area (Å²) in [5, 5.41) is 0. The highest BCUT2D eigenvalue weighted by Gasteiger charge is 2.43. The molecule has 0 radical (unpaired) electrons. The number of aromatic nitrogens is 2. The molecule has 11 heteroatoms. The maximum atomic E-state index is 14.5. The third-order valence-electron chi connectivity index (χ3n) is 10.6. The topological polar surface area (TPSA) is 114 Å². The molecule has 1 aromatic heterocycles. The molecule has 2 saturated carbocycles. The minimum Gasteiger partial charge on any atom is -0.475 e. The number of piperidine rings is 1. The molecule has 1 N–H and O–H groups in total. The standard InChI is InChI=1S/C38H49N5O5S/c1-24(2)17-31-23-48-35-21-34(36-25(3)7-5-8-26(36)4)39-38(40-35)41-49(45,46)33-10-6-9-28(18-33)37(44)43(31)30-19-29(20-30)42-15-13-32(14-16-42)47-22-27-11-12-27/h5-10,18,21,24,27,29-32H,11-17,19-20,22-23H2,1-4H3,(H,39,40,41)/t29-,30+,31-/m1/s1. The number of nitrogens with one attached hydrogen (secondary N) is 1. The van der Waals surface area contributed by atoms with Gasteiger partial charge in [0.05, 0.1) is 22.7 Å². The van der Waals surface area contributed by atoms with Gasteiger partial charge in [-0.05, 0) is 100.0 Å². The van der Waals surface area contributed by atoms with E-state index in [1.54, 1.807) is 18.2 Å². The molecule has 7 rings (SSSR count). The lowest BCUT2D eigenvalue weighted by molar-refractivity contribution is -0.0380. The highest BCUT2D eigenvalue weighted by molar-refractivity contribution is 7.92. The second-order valence-corrected chi connectivity index (χ2v) is 16.6. The van der Waals surface area contributed by atoms with Crippen LogP contribution in [0, 0.1) is 25.7 Å². The van der Waals surface area contributed by atoms with Crippen LogP contribution in [0.5, 0.6) is 5.88 Å². The van der Waals surface area contributed by atoms with Gasteiger partial charge in [0.25, 0.3) is 15.9 Å². The number of aryl methyl sites for hydroxylation is 2. The summed E-state index contributed by atoms with van der Waals surface area (Å²) >= 11 is 0. The van der Waals surface area contributed by atoms with E-state index in [1.165, 1.54) is 25.0 Å². The number of hydrogen-bond donors (Lipinski definition) is 1. The lowest BCUT2D eigenvalue weighted by Gasteiger charge is -2.51. The van der Waals surface area contributed by atoms with Crippen molar-refractivity contribution in [2.24, 2.45) is 11.8 Å². The predicted octanol–water partition coefficient (Wildman–Crippen LogP) is 6.23. The molecule has 2 aliphatic heterocycles. The van der Waals surface area contributed by atoms with E-state index in [-0.39, 0.29) is 41.3 Å². The smallest absolute Gasteiger partial charge is 0.264 e. The van der Waals surface area contributed by atoms with Gasteiger partial charge in [0, 0.05) is 49.0 Å². The molecule has 2 aliphatic carbocycles. The van der Waals surface area contributed by atoms with Crippen LogP contribution in [0.2, 0.25) is 0 Å². The van der Waals surface area contributed by atoms with E-state index < -0.39 is 10.0 Å². The van der Waals surface area contributed by atoms with Crippen molar-refractivity contribution >= 4 is 21.9 Å². The number of ether oxygens (including phenoxy) is 2. The summed E-state index contributed by atoms with van der Waals surface area (Å²) in [5.41, 5.74) is 3.83. The number of hydrogen-bond acceptors (Lipinski definition) is 8. The summed E-state index contributed by atoms with van der Waals surface area (Å²) in [6, 6.07) is 14.3. The van der Waals surface area contributed by atoms with Gasteiger partial charge in [0.15, 0.2) is 0 Å². The first-order chi connectivity index (χ1) is 23.5. The van der Waals surface area contributed by atoms with E-state index in [0.717, 1.165) is 74.4 Å². The van der Waals surface area contributed by atoms with Gasteiger partial charge in [-0.3, -0.25) is 4.79 Å². The lowest BCUT2D eigenvalue weighted by atomic mass is 9.81. The molecule has 3 fully saturated rings. The van der Waals surface area contributed by atoms with Crippen LogP contribution < -0.4 is 9.46 Å². The first-order valence-corrected chi connectivity index (χ1v) is 19.4. The Morgan fingerprint density at radius 2 is 1.67 bits per heavy atom. The number of rotatable bonds is 8. The minimum absolute atomic E-state index is 0.0141. The molecule has 0 unspecified atom stereocenters. The molecule has 4 aliphatic rings. The number of amides is 1. The maximum absolute atomic E-state index is 14.5. The van der Waals surface area contributed by atoms with E-state index in [9.17, 15) is 13.2 Å². The van der Waals surface area contributed by atoms with Crippen molar-refractivity contribution in [1.29, 1.82) is 0 Å². The van der Waals surface area contributed by atoms with Gasteiger partial charge in [0.2, 0.25) is 11.8 Å². The lowest BCUT2D eigenvalue weighted by Crippen LogP contribution is -2.60. The van der Waals surface area contributed by atoms with Gasteiger partial charge in [-0.15, -0.1) is 0 Å². The van der Waals surface area contributed by atoms with E-state index in [2.05, 4.69) is 33.4 Å². The Morgan fingerprint density at radius 1 is 0.959 bits per heavy atom. The first-order valence-electron chi connectivity index (χ1n) is 17.9. The van der Waals surface area contributed by atoms with Crippen molar-refractivity contribution in [3.05, 3.63) is 65.2 Å². The molecule has 49 heavy (non-hydrogen) atoms. The highest BCUT2D eigenvalue weighted by atomic mass is 32.2. The molecular weight excluding hydrogens is 639 g/mol. The maximum Gasteiger partial charge on any atom is 0.264 e. The summed E-state index contributed by atoms with van der Waals surface area (Å²) < 4.78 is 42.6. The number of fused-ring (bicyclic) bond motifs is 4. The largest absolute Gasteiger partial charge is 0.475 e. The zero-order valence-corrected chi connectivity index (χ0v) is 29.9. The fraction of sp³-hybridized carbons (Fsp3) is 0.553. The molecule has 1 atom stereocenters. The van der Waals surface area contributed by atoms with E-state index in [0.29, 0.717) is 29.3 Å². The quantitative estimate of drug-likeness (QED) is 0.297. The molecule has 3 heterocycles. The van der Waals surface area contributed by atoms with Crippen molar-refractivity contribution in [2.45, 2.75) is 102 Å². The summed E-state index contributed by atoms with van der Waals surface area (Å²) in [6.45, 7) is 11.5. The van der Waals surface area contributed by atoms with Gasteiger partial charge in [-0.1, -0.05) is 38.1 Å². The monoisotopic (exact) mass is 687 g/mol. The van der Waals surface area contributed by atoms with Crippen molar-refractivity contribution in [3.8, 4) is 17.1 Å². The van der Waals surface area contributed by atoms with Crippen LogP contribution in [0.25, 0.3) is 11.3 Å². The average molecular weight is 688 g/mol. The summed E-state index contributed by atoms with van der Waals surface area (Å²) in [6.07, 6.45) is 7.58. The summed E-state index contributed by atoms with van der Waals surface area (Å²) in [5.74, 6) is 1.09. The van der Waals surface area contributed by atoms with Crippen molar-refractivity contribution < 1.29 is 22.7 Å². The number of benzene rings is 2. The van der Waals surface area contributed by atoms with Gasteiger partial charge >= 0.3 is 0 Å². The molecule has 3 aromatic rings. The van der Waals surface area contributed by atoms with Crippen LogP contribution in [0.15, 0.2) is 53.4 Å². The third-order valence-corrected chi connectivity index (χ3v) is 11.9. The molecule has 4 bridgehead atoms. The summed E-state index contributed by atoms with van der Waals surface area (Å²) in [7, 11) is -4.11. The number of nitrogens with zero attached hydrogens (tertiary/aromatic N) is 4. The van der Waals surface area contributed by atoms with Crippen molar-refractivity contribution in [2.75, 3.05) is 31.0 Å². The minimum atomic E-state index is -4.11. The Morgan fingerprint density at radius 3 is 2.37 bits per heavy atom. The van der Waals surface area contributed by atoms with Crippen molar-refractivity contribution in [3.63, 3.8) is 0 Å². The first kappa shape index (κ1) is 33.9. The molecule has 1 saturated heterocycles. The van der Waals surface area contributed by atoms with Gasteiger partial charge < -0.3 is 19.3 Å². The molecule has 10 nitrogen and oxygen atoms in total. The Labute approximate surface area is 290 Å². The highest BCUT2D eigenvalue weighted by Crippen LogP contribution is 2.37. The molecule has 262 valence electrons. The third kappa shape index (κ3) is 7.64. The molecule has 2 aromatic carbocycles. The van der Waals surface area contributed by atoms with Crippen molar-refractivity contribution in [1.82, 2.24) is 19.8 Å². The normalized spacial score (nSPS) is 24.6. The zero-order chi connectivity index (χ0) is 34.3. The number of anilines is 1. The fourth-order valence-corrected chi connectivity index (χ4v) is 8.67. The summed E-state index contributed by atoms with van der Waals surface area (Å²) in [4.78, 5) is 28.2. The van der Waals surface area contributed by atoms with Gasteiger partial charge in [0.1, 0.15) is 6.61 Å². The average Bonchev–Trinajstić information content (AvgIpc) is 3.88. The van der Waals surface area contributed by atoms with Crippen LogP contribution in [0.1, 0.15) is 80.3 Å². The molecular formula is C38H49N5O5S. The predicted molar refractivity (Wildman–Crippen MR) is 189 cm³/mol. The van der Waals surface area contributed by atoms with Gasteiger partial charge in [-0.25, -0.2) is 18.1 Å². The van der Waals surface area contributed by atoms with E-state index in [1.807, 2.05) is 36.9 Å². The molecule has 1 amide bonds. The van der Waals surface area contributed by atoms with Crippen LogP contribution in [-0.2, 0) is 14.8 Å². The zero-order valence-electron chi connectivity index (χ0n) is 29.1. The van der Waals surface area contributed by atoms with Crippen LogP contribution in [-0.4, -0.2) is 84.6 Å². The number of sulfonamides is 1. The Hall–Kier alpha value is -3.54. The second kappa shape index (κ2) is 14.0. The fourth-order valence-electron chi connectivity index (χ4n) is 7.68. The SMILES string of the molecule is Cc1cccc(C)c1-c1cc2nc(n1)NS(=O)(=O)c1cccc(c1)C(=O)N([C@H]1C[C@@H](N3CCC(OCC4CC4)CC3)C1)[C@H](CC(C)C)CO2. The van der Waals surface area contributed by atoms with Crippen LogP contribution >= 0.6 is 0 Å². The van der Waals surface area contributed by atoms with Crippen LogP contribution in [0.3, 0.4) is 0 Å². The Balaban J connectivity index is 1.18.